The lowest BCUT2D eigenvalue weighted by atomic mass is 10.1. The Labute approximate surface area is 130 Å². The normalized spacial score (nSPS) is 11.3. The minimum atomic E-state index is -0.658. The second-order valence-corrected chi connectivity index (χ2v) is 6.82. The molecule has 0 atom stereocenters. The standard InChI is InChI=1S/C16H23FO3S/c1-6-7-8-21-13-10-11(19-5)9-12(17)14(13)15(18)20-16(2,3)4/h9-10H,6-8H2,1-5H3. The zero-order valence-corrected chi connectivity index (χ0v) is 14.1. The lowest BCUT2D eigenvalue weighted by molar-refractivity contribution is 0.00604. The van der Waals surface area contributed by atoms with Crippen LogP contribution in [0.4, 0.5) is 4.39 Å². The number of carbonyl (C=O) groups excluding carboxylic acids is 1. The molecule has 0 heterocycles. The molecular weight excluding hydrogens is 291 g/mol. The average Bonchev–Trinajstić information content (AvgIpc) is 2.36. The van der Waals surface area contributed by atoms with Crippen LogP contribution in [0.15, 0.2) is 17.0 Å². The van der Waals surface area contributed by atoms with Crippen molar-refractivity contribution in [2.45, 2.75) is 51.0 Å². The molecule has 3 nitrogen and oxygen atoms in total. The maximum absolute atomic E-state index is 14.2. The number of rotatable bonds is 6. The summed E-state index contributed by atoms with van der Waals surface area (Å²) in [6, 6.07) is 2.89. The van der Waals surface area contributed by atoms with Crippen molar-refractivity contribution in [3.8, 4) is 5.75 Å². The molecule has 0 aliphatic heterocycles. The first-order valence-electron chi connectivity index (χ1n) is 7.02. The van der Waals surface area contributed by atoms with Gasteiger partial charge in [-0.15, -0.1) is 11.8 Å². The molecule has 1 rings (SSSR count). The topological polar surface area (TPSA) is 35.5 Å². The molecule has 0 amide bonds. The van der Waals surface area contributed by atoms with Crippen LogP contribution in [0, 0.1) is 5.82 Å². The largest absolute Gasteiger partial charge is 0.497 e. The number of benzene rings is 1. The number of unbranched alkanes of at least 4 members (excludes halogenated alkanes) is 1. The van der Waals surface area contributed by atoms with Gasteiger partial charge in [-0.05, 0) is 39.0 Å². The Kier molecular flexibility index (Phi) is 6.52. The predicted octanol–water partition coefficient (Wildman–Crippen LogP) is 4.68. The average molecular weight is 314 g/mol. The third-order valence-electron chi connectivity index (χ3n) is 2.62. The number of esters is 1. The number of thioether (sulfide) groups is 1. The molecule has 0 spiro atoms. The minimum Gasteiger partial charge on any atom is -0.497 e. The van der Waals surface area contributed by atoms with Gasteiger partial charge in [-0.1, -0.05) is 13.3 Å². The minimum absolute atomic E-state index is 0.00757. The lowest BCUT2D eigenvalue weighted by Gasteiger charge is -2.21. The SMILES string of the molecule is CCCCSc1cc(OC)cc(F)c1C(=O)OC(C)(C)C. The lowest BCUT2D eigenvalue weighted by Crippen LogP contribution is -2.25. The summed E-state index contributed by atoms with van der Waals surface area (Å²) >= 11 is 1.45. The summed E-state index contributed by atoms with van der Waals surface area (Å²) < 4.78 is 24.6. The van der Waals surface area contributed by atoms with E-state index in [1.165, 1.54) is 24.9 Å². The van der Waals surface area contributed by atoms with Gasteiger partial charge in [-0.3, -0.25) is 0 Å². The van der Waals surface area contributed by atoms with Crippen molar-refractivity contribution in [2.75, 3.05) is 12.9 Å². The maximum Gasteiger partial charge on any atom is 0.342 e. The molecule has 0 fully saturated rings. The molecule has 0 saturated heterocycles. The van der Waals surface area contributed by atoms with E-state index in [4.69, 9.17) is 9.47 Å². The Hall–Kier alpha value is -1.23. The monoisotopic (exact) mass is 314 g/mol. The van der Waals surface area contributed by atoms with E-state index in [2.05, 4.69) is 6.92 Å². The number of hydrogen-bond donors (Lipinski definition) is 0. The van der Waals surface area contributed by atoms with Gasteiger partial charge in [0, 0.05) is 11.0 Å². The smallest absolute Gasteiger partial charge is 0.342 e. The summed E-state index contributed by atoms with van der Waals surface area (Å²) in [4.78, 5) is 12.8. The molecule has 1 aromatic rings. The molecule has 118 valence electrons. The van der Waals surface area contributed by atoms with Crippen LogP contribution >= 0.6 is 11.8 Å². The van der Waals surface area contributed by atoms with Gasteiger partial charge in [0.05, 0.1) is 7.11 Å². The van der Waals surface area contributed by atoms with Crippen molar-refractivity contribution >= 4 is 17.7 Å². The highest BCUT2D eigenvalue weighted by Crippen LogP contribution is 2.31. The highest BCUT2D eigenvalue weighted by Gasteiger charge is 2.24. The van der Waals surface area contributed by atoms with Crippen LogP contribution in [-0.4, -0.2) is 24.4 Å². The van der Waals surface area contributed by atoms with Crippen LogP contribution < -0.4 is 4.74 Å². The predicted molar refractivity (Wildman–Crippen MR) is 83.8 cm³/mol. The number of methoxy groups -OCH3 is 1. The van der Waals surface area contributed by atoms with Gasteiger partial charge < -0.3 is 9.47 Å². The molecule has 0 saturated carbocycles. The summed E-state index contributed by atoms with van der Waals surface area (Å²) in [6.07, 6.45) is 2.04. The first-order valence-corrected chi connectivity index (χ1v) is 8.00. The number of halogens is 1. The third-order valence-corrected chi connectivity index (χ3v) is 3.75. The number of carbonyl (C=O) groups is 1. The summed E-state index contributed by atoms with van der Waals surface area (Å²) in [7, 11) is 1.47. The van der Waals surface area contributed by atoms with E-state index >= 15 is 0 Å². The van der Waals surface area contributed by atoms with Crippen LogP contribution in [-0.2, 0) is 4.74 Å². The van der Waals surface area contributed by atoms with E-state index in [-0.39, 0.29) is 5.56 Å². The summed E-state index contributed by atoms with van der Waals surface area (Å²) in [5.74, 6) is -0.0260. The van der Waals surface area contributed by atoms with Gasteiger partial charge in [-0.2, -0.15) is 0 Å². The molecule has 0 unspecified atom stereocenters. The van der Waals surface area contributed by atoms with Gasteiger partial charge >= 0.3 is 5.97 Å². The third kappa shape index (κ3) is 5.58. The fraction of sp³-hybridized carbons (Fsp3) is 0.562. The van der Waals surface area contributed by atoms with Crippen molar-refractivity contribution in [2.24, 2.45) is 0 Å². The van der Waals surface area contributed by atoms with Gasteiger partial charge in [0.1, 0.15) is 22.7 Å². The van der Waals surface area contributed by atoms with E-state index in [9.17, 15) is 9.18 Å². The summed E-state index contributed by atoms with van der Waals surface area (Å²) in [5.41, 5.74) is -0.665. The Morgan fingerprint density at radius 3 is 2.52 bits per heavy atom. The first kappa shape index (κ1) is 17.8. The summed E-state index contributed by atoms with van der Waals surface area (Å²) in [6.45, 7) is 7.37. The second-order valence-electron chi connectivity index (χ2n) is 5.69. The van der Waals surface area contributed by atoms with Crippen LogP contribution in [0.25, 0.3) is 0 Å². The van der Waals surface area contributed by atoms with Crippen LogP contribution in [0.1, 0.15) is 50.9 Å². The Balaban J connectivity index is 3.12. The van der Waals surface area contributed by atoms with E-state index < -0.39 is 17.4 Å². The van der Waals surface area contributed by atoms with Crippen LogP contribution in [0.5, 0.6) is 5.75 Å². The van der Waals surface area contributed by atoms with E-state index in [1.807, 2.05) is 0 Å². The van der Waals surface area contributed by atoms with Crippen molar-refractivity contribution in [3.05, 3.63) is 23.5 Å². The molecule has 0 aliphatic carbocycles. The number of hydrogen-bond acceptors (Lipinski definition) is 4. The van der Waals surface area contributed by atoms with Crippen molar-refractivity contribution in [1.29, 1.82) is 0 Å². The van der Waals surface area contributed by atoms with E-state index in [0.717, 1.165) is 18.6 Å². The molecule has 0 aromatic heterocycles. The van der Waals surface area contributed by atoms with Crippen LogP contribution in [0.3, 0.4) is 0 Å². The van der Waals surface area contributed by atoms with Crippen LogP contribution in [0.2, 0.25) is 0 Å². The molecule has 21 heavy (non-hydrogen) atoms. The van der Waals surface area contributed by atoms with Crippen molar-refractivity contribution in [3.63, 3.8) is 0 Å². The summed E-state index contributed by atoms with van der Waals surface area (Å²) in [5, 5.41) is 0. The zero-order chi connectivity index (χ0) is 16.0. The molecule has 5 heteroatoms. The van der Waals surface area contributed by atoms with Gasteiger partial charge in [0.2, 0.25) is 0 Å². The van der Waals surface area contributed by atoms with Crippen molar-refractivity contribution < 1.29 is 18.7 Å². The Morgan fingerprint density at radius 2 is 2.00 bits per heavy atom. The molecular formula is C16H23FO3S. The van der Waals surface area contributed by atoms with Crippen molar-refractivity contribution in [1.82, 2.24) is 0 Å². The zero-order valence-electron chi connectivity index (χ0n) is 13.3. The molecule has 0 radical (unpaired) electrons. The Morgan fingerprint density at radius 1 is 1.33 bits per heavy atom. The highest BCUT2D eigenvalue weighted by molar-refractivity contribution is 7.99. The quantitative estimate of drug-likeness (QED) is 0.434. The molecule has 0 aliphatic rings. The number of ether oxygens (including phenoxy) is 2. The van der Waals surface area contributed by atoms with Gasteiger partial charge in [-0.25, -0.2) is 9.18 Å². The Bertz CT molecular complexity index is 495. The van der Waals surface area contributed by atoms with E-state index in [1.54, 1.807) is 26.8 Å². The molecule has 0 bridgehead atoms. The molecule has 1 aromatic carbocycles. The second kappa shape index (κ2) is 7.69. The highest BCUT2D eigenvalue weighted by atomic mass is 32.2. The maximum atomic E-state index is 14.2. The van der Waals surface area contributed by atoms with E-state index in [0.29, 0.717) is 10.6 Å². The van der Waals surface area contributed by atoms with Gasteiger partial charge in [0.15, 0.2) is 0 Å². The molecule has 0 N–H and O–H groups in total. The first-order chi connectivity index (χ1) is 9.78. The van der Waals surface area contributed by atoms with Gasteiger partial charge in [0.25, 0.3) is 0 Å². The fourth-order valence-corrected chi connectivity index (χ4v) is 2.82. The fourth-order valence-electron chi connectivity index (χ4n) is 1.64.